The SMILES string of the molecule is CCC(NCc1ccc2c(c1)OCCO2)c1cccc([N+](=O)[O-])c1. The Morgan fingerprint density at radius 3 is 2.71 bits per heavy atom. The van der Waals surface area contributed by atoms with Crippen molar-refractivity contribution in [1.82, 2.24) is 5.32 Å². The first-order valence-electron chi connectivity index (χ1n) is 8.03. The summed E-state index contributed by atoms with van der Waals surface area (Å²) < 4.78 is 11.1. The van der Waals surface area contributed by atoms with E-state index in [0.29, 0.717) is 19.8 Å². The van der Waals surface area contributed by atoms with Crippen LogP contribution in [0, 0.1) is 10.1 Å². The summed E-state index contributed by atoms with van der Waals surface area (Å²) in [5.41, 5.74) is 2.12. The molecule has 6 heteroatoms. The number of hydrogen-bond donors (Lipinski definition) is 1. The molecule has 1 aliphatic heterocycles. The lowest BCUT2D eigenvalue weighted by Gasteiger charge is -2.20. The summed E-state index contributed by atoms with van der Waals surface area (Å²) in [6, 6.07) is 12.7. The number of ether oxygens (including phenoxy) is 2. The van der Waals surface area contributed by atoms with Gasteiger partial charge in [-0.15, -0.1) is 0 Å². The number of benzene rings is 2. The van der Waals surface area contributed by atoms with E-state index in [-0.39, 0.29) is 16.7 Å². The molecule has 0 bridgehead atoms. The van der Waals surface area contributed by atoms with Crippen molar-refractivity contribution in [3.8, 4) is 11.5 Å². The second kappa shape index (κ2) is 7.31. The maximum Gasteiger partial charge on any atom is 0.269 e. The zero-order chi connectivity index (χ0) is 16.9. The van der Waals surface area contributed by atoms with Crippen molar-refractivity contribution in [2.75, 3.05) is 13.2 Å². The van der Waals surface area contributed by atoms with Crippen LogP contribution in [0.15, 0.2) is 42.5 Å². The Bertz CT molecular complexity index is 733. The first-order chi connectivity index (χ1) is 11.7. The molecule has 1 atom stereocenters. The summed E-state index contributed by atoms with van der Waals surface area (Å²) in [4.78, 5) is 10.6. The number of hydrogen-bond acceptors (Lipinski definition) is 5. The van der Waals surface area contributed by atoms with Crippen molar-refractivity contribution in [3.63, 3.8) is 0 Å². The third-order valence-electron chi connectivity index (χ3n) is 4.05. The van der Waals surface area contributed by atoms with E-state index in [1.165, 1.54) is 6.07 Å². The fourth-order valence-corrected chi connectivity index (χ4v) is 2.79. The van der Waals surface area contributed by atoms with Crippen LogP contribution in [-0.2, 0) is 6.54 Å². The Hall–Kier alpha value is -2.60. The number of nitrogens with zero attached hydrogens (tertiary/aromatic N) is 1. The minimum atomic E-state index is -0.364. The van der Waals surface area contributed by atoms with Crippen LogP contribution in [0.2, 0.25) is 0 Å². The molecule has 0 saturated carbocycles. The van der Waals surface area contributed by atoms with E-state index < -0.39 is 0 Å². The van der Waals surface area contributed by atoms with Crippen LogP contribution in [0.4, 0.5) is 5.69 Å². The summed E-state index contributed by atoms with van der Waals surface area (Å²) >= 11 is 0. The van der Waals surface area contributed by atoms with Crippen LogP contribution in [0.1, 0.15) is 30.5 Å². The number of non-ortho nitro benzene ring substituents is 1. The first kappa shape index (κ1) is 16.3. The van der Waals surface area contributed by atoms with Gasteiger partial charge < -0.3 is 14.8 Å². The van der Waals surface area contributed by atoms with Crippen LogP contribution in [0.3, 0.4) is 0 Å². The fraction of sp³-hybridized carbons (Fsp3) is 0.333. The molecule has 3 rings (SSSR count). The predicted molar refractivity (Wildman–Crippen MR) is 90.4 cm³/mol. The van der Waals surface area contributed by atoms with Crippen molar-refractivity contribution in [2.45, 2.75) is 25.9 Å². The molecular formula is C18H20N2O4. The molecule has 24 heavy (non-hydrogen) atoms. The lowest BCUT2D eigenvalue weighted by atomic mass is 10.0. The second-order valence-corrected chi connectivity index (χ2v) is 5.67. The Morgan fingerprint density at radius 2 is 1.96 bits per heavy atom. The van der Waals surface area contributed by atoms with Gasteiger partial charge in [0.05, 0.1) is 4.92 Å². The molecule has 126 valence electrons. The summed E-state index contributed by atoms with van der Waals surface area (Å²) in [6.45, 7) is 3.85. The maximum absolute atomic E-state index is 10.9. The van der Waals surface area contributed by atoms with Crippen LogP contribution < -0.4 is 14.8 Å². The molecule has 2 aromatic carbocycles. The van der Waals surface area contributed by atoms with Gasteiger partial charge in [-0.2, -0.15) is 0 Å². The third kappa shape index (κ3) is 3.65. The molecule has 0 aliphatic carbocycles. The summed E-state index contributed by atoms with van der Waals surface area (Å²) in [7, 11) is 0. The average Bonchev–Trinajstić information content (AvgIpc) is 2.62. The molecule has 6 nitrogen and oxygen atoms in total. The number of nitrogens with one attached hydrogen (secondary N) is 1. The second-order valence-electron chi connectivity index (χ2n) is 5.67. The van der Waals surface area contributed by atoms with Crippen LogP contribution in [0.5, 0.6) is 11.5 Å². The lowest BCUT2D eigenvalue weighted by molar-refractivity contribution is -0.384. The molecule has 2 aromatic rings. The Balaban J connectivity index is 1.70. The Morgan fingerprint density at radius 1 is 1.17 bits per heavy atom. The molecule has 0 saturated heterocycles. The van der Waals surface area contributed by atoms with Gasteiger partial charge in [0, 0.05) is 24.7 Å². The highest BCUT2D eigenvalue weighted by molar-refractivity contribution is 5.44. The number of nitro groups is 1. The van der Waals surface area contributed by atoms with Crippen molar-refractivity contribution in [1.29, 1.82) is 0 Å². The number of nitro benzene ring substituents is 1. The van der Waals surface area contributed by atoms with E-state index in [9.17, 15) is 10.1 Å². The summed E-state index contributed by atoms with van der Waals surface area (Å²) in [5.74, 6) is 1.54. The molecule has 1 unspecified atom stereocenters. The zero-order valence-electron chi connectivity index (χ0n) is 13.5. The van der Waals surface area contributed by atoms with Crippen LogP contribution in [-0.4, -0.2) is 18.1 Å². The zero-order valence-corrected chi connectivity index (χ0v) is 13.5. The van der Waals surface area contributed by atoms with Crippen molar-refractivity contribution in [2.24, 2.45) is 0 Å². The van der Waals surface area contributed by atoms with E-state index in [1.807, 2.05) is 24.3 Å². The maximum atomic E-state index is 10.9. The fourth-order valence-electron chi connectivity index (χ4n) is 2.79. The smallest absolute Gasteiger partial charge is 0.269 e. The summed E-state index contributed by atoms with van der Waals surface area (Å²) in [6.07, 6.45) is 0.839. The summed E-state index contributed by atoms with van der Waals surface area (Å²) in [5, 5.41) is 14.4. The highest BCUT2D eigenvalue weighted by Gasteiger charge is 2.15. The third-order valence-corrected chi connectivity index (χ3v) is 4.05. The van der Waals surface area contributed by atoms with Gasteiger partial charge in [-0.1, -0.05) is 25.1 Å². The first-order valence-corrected chi connectivity index (χ1v) is 8.03. The minimum absolute atomic E-state index is 0.0538. The van der Waals surface area contributed by atoms with Crippen molar-refractivity contribution in [3.05, 3.63) is 63.7 Å². The molecule has 0 spiro atoms. The van der Waals surface area contributed by atoms with E-state index >= 15 is 0 Å². The van der Waals surface area contributed by atoms with Gasteiger partial charge >= 0.3 is 0 Å². The molecule has 1 N–H and O–H groups in total. The molecule has 1 aliphatic rings. The molecule has 0 aromatic heterocycles. The van der Waals surface area contributed by atoms with Gasteiger partial charge in [0.2, 0.25) is 0 Å². The van der Waals surface area contributed by atoms with Crippen LogP contribution >= 0.6 is 0 Å². The normalized spacial score (nSPS) is 14.2. The Labute approximate surface area is 140 Å². The molecular weight excluding hydrogens is 308 g/mol. The molecule has 0 amide bonds. The average molecular weight is 328 g/mol. The van der Waals surface area contributed by atoms with E-state index in [4.69, 9.17) is 9.47 Å². The Kier molecular flexibility index (Phi) is 4.96. The lowest BCUT2D eigenvalue weighted by Crippen LogP contribution is -2.21. The van der Waals surface area contributed by atoms with E-state index in [0.717, 1.165) is 29.0 Å². The van der Waals surface area contributed by atoms with E-state index in [1.54, 1.807) is 12.1 Å². The van der Waals surface area contributed by atoms with Crippen molar-refractivity contribution < 1.29 is 14.4 Å². The molecule has 0 fully saturated rings. The largest absolute Gasteiger partial charge is 0.486 e. The minimum Gasteiger partial charge on any atom is -0.486 e. The van der Waals surface area contributed by atoms with Gasteiger partial charge in [0.15, 0.2) is 11.5 Å². The van der Waals surface area contributed by atoms with Gasteiger partial charge in [0.25, 0.3) is 5.69 Å². The van der Waals surface area contributed by atoms with Gasteiger partial charge in [-0.05, 0) is 29.7 Å². The predicted octanol–water partition coefficient (Wildman–Crippen LogP) is 3.61. The number of rotatable bonds is 6. The van der Waals surface area contributed by atoms with Gasteiger partial charge in [-0.3, -0.25) is 10.1 Å². The monoisotopic (exact) mass is 328 g/mol. The standard InChI is InChI=1S/C18H20N2O4/c1-2-16(14-4-3-5-15(11-14)20(21)22)19-12-13-6-7-17-18(10-13)24-9-8-23-17/h3-7,10-11,16,19H,2,8-9,12H2,1H3. The van der Waals surface area contributed by atoms with Gasteiger partial charge in [0.1, 0.15) is 13.2 Å². The molecule has 0 radical (unpaired) electrons. The quantitative estimate of drug-likeness (QED) is 0.648. The highest BCUT2D eigenvalue weighted by Crippen LogP contribution is 2.31. The topological polar surface area (TPSA) is 73.6 Å². The van der Waals surface area contributed by atoms with Crippen LogP contribution in [0.25, 0.3) is 0 Å². The highest BCUT2D eigenvalue weighted by atomic mass is 16.6. The van der Waals surface area contributed by atoms with Gasteiger partial charge in [-0.25, -0.2) is 0 Å². The molecule has 1 heterocycles. The number of fused-ring (bicyclic) bond motifs is 1. The van der Waals surface area contributed by atoms with Crippen molar-refractivity contribution >= 4 is 5.69 Å². The van der Waals surface area contributed by atoms with E-state index in [2.05, 4.69) is 12.2 Å².